The van der Waals surface area contributed by atoms with Crippen LogP contribution in [0.3, 0.4) is 0 Å². The number of benzene rings is 2. The fraction of sp³-hybridized carbons (Fsp3) is 0.464. The lowest BCUT2D eigenvalue weighted by molar-refractivity contribution is -0.147. The smallest absolute Gasteiger partial charge is 0.408 e. The van der Waals surface area contributed by atoms with Crippen molar-refractivity contribution in [1.82, 2.24) is 10.2 Å². The Morgan fingerprint density at radius 2 is 1.65 bits per heavy atom. The van der Waals surface area contributed by atoms with E-state index in [0.717, 1.165) is 5.56 Å². The van der Waals surface area contributed by atoms with Gasteiger partial charge in [-0.05, 0) is 65.2 Å². The molecule has 0 aliphatic rings. The summed E-state index contributed by atoms with van der Waals surface area (Å²) >= 11 is 10.7. The number of hydrogen-bond acceptors (Lipinski definition) is 5. The van der Waals surface area contributed by atoms with Crippen molar-refractivity contribution >= 4 is 47.8 Å². The van der Waals surface area contributed by atoms with Gasteiger partial charge in [-0.2, -0.15) is 12.6 Å². The Balaban J connectivity index is 2.57. The molecular formula is C28H38ClN3O4S. The number of rotatable bonds is 9. The van der Waals surface area contributed by atoms with Crippen LogP contribution in [0.5, 0.6) is 0 Å². The Hall–Kier alpha value is -2.71. The Labute approximate surface area is 230 Å². The van der Waals surface area contributed by atoms with E-state index >= 15 is 0 Å². The monoisotopic (exact) mass is 547 g/mol. The second kappa shape index (κ2) is 12.7. The van der Waals surface area contributed by atoms with E-state index in [2.05, 4.69) is 23.3 Å². The number of amides is 3. The maximum atomic E-state index is 14.1. The Morgan fingerprint density at radius 3 is 2.16 bits per heavy atom. The molecule has 202 valence electrons. The number of carbonyl (C=O) groups excluding carboxylic acids is 3. The molecule has 2 aromatic carbocycles. The first-order valence-corrected chi connectivity index (χ1v) is 13.3. The van der Waals surface area contributed by atoms with Crippen LogP contribution in [0.2, 0.25) is 5.02 Å². The lowest BCUT2D eigenvalue weighted by Gasteiger charge is -2.44. The molecule has 2 aromatic rings. The molecule has 0 spiro atoms. The highest BCUT2D eigenvalue weighted by atomic mass is 35.5. The maximum Gasteiger partial charge on any atom is 0.408 e. The molecule has 0 saturated carbocycles. The number of aryl methyl sites for hydroxylation is 1. The molecule has 0 saturated heterocycles. The fourth-order valence-electron chi connectivity index (χ4n) is 3.78. The number of halogens is 1. The van der Waals surface area contributed by atoms with Gasteiger partial charge in [-0.1, -0.05) is 61.0 Å². The standard InChI is InChI=1S/C28H38ClN3O4S/c1-8-28(6,7)32(25(34)21(17-37)30-26(35)36-27(3,4)5)23(19-14-10-9-11-15-19)24(33)31-22-18(2)13-12-16-20(22)29/h9-16,21,23,37H,8,17H2,1-7H3,(H,30,35)(H,31,33). The number of nitrogens with one attached hydrogen (secondary N) is 2. The molecule has 0 aliphatic heterocycles. The average Bonchev–Trinajstić information content (AvgIpc) is 2.82. The van der Waals surface area contributed by atoms with Crippen LogP contribution in [0.15, 0.2) is 48.5 Å². The van der Waals surface area contributed by atoms with Crippen molar-refractivity contribution in [2.24, 2.45) is 0 Å². The largest absolute Gasteiger partial charge is 0.444 e. The predicted octanol–water partition coefficient (Wildman–Crippen LogP) is 6.17. The van der Waals surface area contributed by atoms with Crippen LogP contribution in [-0.2, 0) is 14.3 Å². The van der Waals surface area contributed by atoms with Crippen LogP contribution in [-0.4, -0.2) is 45.7 Å². The number of alkyl carbamates (subject to hydrolysis) is 1. The van der Waals surface area contributed by atoms with E-state index in [1.807, 2.05) is 52.0 Å². The summed E-state index contributed by atoms with van der Waals surface area (Å²) in [4.78, 5) is 42.1. The summed E-state index contributed by atoms with van der Waals surface area (Å²) in [6.07, 6.45) is -0.187. The molecule has 37 heavy (non-hydrogen) atoms. The van der Waals surface area contributed by atoms with Crippen LogP contribution in [0.4, 0.5) is 10.5 Å². The third-order valence-corrected chi connectivity index (χ3v) is 6.70. The third-order valence-electron chi connectivity index (χ3n) is 6.02. The molecule has 9 heteroatoms. The molecule has 0 fully saturated rings. The second-order valence-corrected chi connectivity index (χ2v) is 11.3. The molecule has 3 amide bonds. The summed E-state index contributed by atoms with van der Waals surface area (Å²) in [7, 11) is 0. The van der Waals surface area contributed by atoms with Gasteiger partial charge < -0.3 is 20.3 Å². The SMILES string of the molecule is CCC(C)(C)N(C(=O)C(CS)NC(=O)OC(C)(C)C)C(C(=O)Nc1c(C)cccc1Cl)c1ccccc1. The van der Waals surface area contributed by atoms with Crippen LogP contribution in [0.1, 0.15) is 65.1 Å². The molecule has 7 nitrogen and oxygen atoms in total. The molecule has 2 N–H and O–H groups in total. The van der Waals surface area contributed by atoms with E-state index in [1.165, 1.54) is 4.90 Å². The minimum Gasteiger partial charge on any atom is -0.444 e. The number of nitrogens with zero attached hydrogens (tertiary/aromatic N) is 1. The zero-order valence-electron chi connectivity index (χ0n) is 22.6. The minimum atomic E-state index is -1.02. The molecule has 0 bridgehead atoms. The number of hydrogen-bond donors (Lipinski definition) is 3. The van der Waals surface area contributed by atoms with E-state index in [0.29, 0.717) is 22.7 Å². The predicted molar refractivity (Wildman–Crippen MR) is 152 cm³/mol. The summed E-state index contributed by atoms with van der Waals surface area (Å²) in [5, 5.41) is 5.97. The van der Waals surface area contributed by atoms with Gasteiger partial charge in [0.1, 0.15) is 17.7 Å². The van der Waals surface area contributed by atoms with E-state index in [4.69, 9.17) is 16.3 Å². The molecule has 2 atom stereocenters. The van der Waals surface area contributed by atoms with E-state index in [-0.39, 0.29) is 5.75 Å². The number of carbonyl (C=O) groups is 3. The number of thiol groups is 1. The highest BCUT2D eigenvalue weighted by Gasteiger charge is 2.43. The van der Waals surface area contributed by atoms with Crippen molar-refractivity contribution in [2.75, 3.05) is 11.1 Å². The summed E-state index contributed by atoms with van der Waals surface area (Å²) in [5.41, 5.74) is 0.390. The Kier molecular flexibility index (Phi) is 10.5. The average molecular weight is 548 g/mol. The summed E-state index contributed by atoms with van der Waals surface area (Å²) < 4.78 is 5.36. The van der Waals surface area contributed by atoms with Gasteiger partial charge in [0.25, 0.3) is 5.91 Å². The van der Waals surface area contributed by atoms with Gasteiger partial charge in [-0.25, -0.2) is 4.79 Å². The number of para-hydroxylation sites is 1. The van der Waals surface area contributed by atoms with Crippen molar-refractivity contribution in [3.05, 3.63) is 64.7 Å². The lowest BCUT2D eigenvalue weighted by Crippen LogP contribution is -2.59. The zero-order valence-corrected chi connectivity index (χ0v) is 24.2. The van der Waals surface area contributed by atoms with Gasteiger partial charge in [-0.15, -0.1) is 0 Å². The van der Waals surface area contributed by atoms with Gasteiger partial charge in [0.15, 0.2) is 0 Å². The van der Waals surface area contributed by atoms with Gasteiger partial charge >= 0.3 is 6.09 Å². The summed E-state index contributed by atoms with van der Waals surface area (Å²) in [5.74, 6) is -0.860. The minimum absolute atomic E-state index is 0.0150. The van der Waals surface area contributed by atoms with Gasteiger partial charge in [0.2, 0.25) is 5.91 Å². The van der Waals surface area contributed by atoms with Crippen LogP contribution >= 0.6 is 24.2 Å². The van der Waals surface area contributed by atoms with Crippen molar-refractivity contribution in [3.63, 3.8) is 0 Å². The second-order valence-electron chi connectivity index (χ2n) is 10.5. The molecular weight excluding hydrogens is 510 g/mol. The van der Waals surface area contributed by atoms with Gasteiger partial charge in [0, 0.05) is 11.3 Å². The highest BCUT2D eigenvalue weighted by Crippen LogP contribution is 2.34. The molecule has 2 rings (SSSR count). The number of anilines is 1. The first-order chi connectivity index (χ1) is 17.2. The number of ether oxygens (including phenoxy) is 1. The van der Waals surface area contributed by atoms with Gasteiger partial charge in [-0.3, -0.25) is 9.59 Å². The molecule has 2 unspecified atom stereocenters. The topological polar surface area (TPSA) is 87.7 Å². The first kappa shape index (κ1) is 30.5. The van der Waals surface area contributed by atoms with Gasteiger partial charge in [0.05, 0.1) is 10.7 Å². The van der Waals surface area contributed by atoms with E-state index in [1.54, 1.807) is 45.0 Å². The summed E-state index contributed by atoms with van der Waals surface area (Å²) in [6, 6.07) is 12.4. The highest BCUT2D eigenvalue weighted by molar-refractivity contribution is 7.80. The lowest BCUT2D eigenvalue weighted by atomic mass is 9.92. The molecule has 0 radical (unpaired) electrons. The molecule has 0 aliphatic carbocycles. The third kappa shape index (κ3) is 8.14. The van der Waals surface area contributed by atoms with Crippen molar-refractivity contribution in [1.29, 1.82) is 0 Å². The molecule has 0 heterocycles. The van der Waals surface area contributed by atoms with Crippen molar-refractivity contribution in [2.45, 2.75) is 78.1 Å². The normalized spacial score (nSPS) is 13.3. The first-order valence-electron chi connectivity index (χ1n) is 12.3. The van der Waals surface area contributed by atoms with E-state index in [9.17, 15) is 14.4 Å². The summed E-state index contributed by atoms with van der Waals surface area (Å²) in [6.45, 7) is 12.8. The van der Waals surface area contributed by atoms with Crippen LogP contribution in [0.25, 0.3) is 0 Å². The van der Waals surface area contributed by atoms with Crippen LogP contribution in [0, 0.1) is 6.92 Å². The molecule has 0 aromatic heterocycles. The fourth-order valence-corrected chi connectivity index (χ4v) is 4.30. The Bertz CT molecular complexity index is 1080. The Morgan fingerprint density at radius 1 is 1.03 bits per heavy atom. The van der Waals surface area contributed by atoms with Crippen molar-refractivity contribution in [3.8, 4) is 0 Å². The van der Waals surface area contributed by atoms with E-state index < -0.39 is 41.1 Å². The quantitative estimate of drug-likeness (QED) is 0.328. The van der Waals surface area contributed by atoms with Crippen LogP contribution < -0.4 is 10.6 Å². The zero-order chi connectivity index (χ0) is 28.0. The van der Waals surface area contributed by atoms with Crippen molar-refractivity contribution < 1.29 is 19.1 Å². The maximum absolute atomic E-state index is 14.1.